The fourth-order valence-corrected chi connectivity index (χ4v) is 3.86. The van der Waals surface area contributed by atoms with Gasteiger partial charge in [0.15, 0.2) is 11.0 Å². The van der Waals surface area contributed by atoms with E-state index >= 15 is 0 Å². The molecule has 2 heterocycles. The molecule has 0 bridgehead atoms. The number of aromatic nitrogens is 3. The number of nitrogens with two attached hydrogens (primary N) is 1. The molecule has 9 heteroatoms. The Morgan fingerprint density at radius 2 is 1.88 bits per heavy atom. The second-order valence-electron chi connectivity index (χ2n) is 6.22. The second kappa shape index (κ2) is 8.09. The quantitative estimate of drug-likeness (QED) is 0.783. The van der Waals surface area contributed by atoms with Crippen molar-refractivity contribution in [3.05, 3.63) is 29.3 Å². The minimum atomic E-state index is -0.278. The molecule has 26 heavy (non-hydrogen) atoms. The predicted octanol–water partition coefficient (Wildman–Crippen LogP) is 1.95. The van der Waals surface area contributed by atoms with Crippen molar-refractivity contribution in [1.29, 1.82) is 0 Å². The van der Waals surface area contributed by atoms with Crippen LogP contribution in [-0.4, -0.2) is 50.3 Å². The molecule has 0 aliphatic carbocycles. The van der Waals surface area contributed by atoms with E-state index in [0.717, 1.165) is 11.4 Å². The minimum absolute atomic E-state index is 0.0361. The van der Waals surface area contributed by atoms with E-state index in [1.807, 2.05) is 23.7 Å². The molecule has 3 rings (SSSR count). The zero-order valence-electron chi connectivity index (χ0n) is 14.4. The fraction of sp³-hybridized carbons (Fsp3) is 0.412. The van der Waals surface area contributed by atoms with Gasteiger partial charge in [-0.25, -0.2) is 0 Å². The van der Waals surface area contributed by atoms with Gasteiger partial charge in [-0.15, -0.1) is 10.2 Å². The summed E-state index contributed by atoms with van der Waals surface area (Å²) in [6.45, 7) is 1.14. The SMILES string of the molecule is Cn1c(SCC(=O)N2CCC(C(N)=O)CC2)nnc1-c1ccc(Cl)cc1. The van der Waals surface area contributed by atoms with E-state index in [2.05, 4.69) is 10.2 Å². The number of thioether (sulfide) groups is 1. The molecule has 1 aliphatic rings. The summed E-state index contributed by atoms with van der Waals surface area (Å²) in [6, 6.07) is 7.37. The third-order valence-corrected chi connectivity index (χ3v) is 5.77. The van der Waals surface area contributed by atoms with E-state index in [1.165, 1.54) is 11.8 Å². The summed E-state index contributed by atoms with van der Waals surface area (Å²) in [6.07, 6.45) is 1.27. The van der Waals surface area contributed by atoms with Gasteiger partial charge in [-0.05, 0) is 37.1 Å². The Kier molecular flexibility index (Phi) is 5.83. The van der Waals surface area contributed by atoms with Gasteiger partial charge in [0.25, 0.3) is 0 Å². The number of nitrogens with zero attached hydrogens (tertiary/aromatic N) is 4. The summed E-state index contributed by atoms with van der Waals surface area (Å²) in [5.74, 6) is 0.647. The molecule has 1 aromatic heterocycles. The van der Waals surface area contributed by atoms with Gasteiger partial charge in [-0.1, -0.05) is 23.4 Å². The average molecular weight is 394 g/mol. The van der Waals surface area contributed by atoms with Crippen LogP contribution >= 0.6 is 23.4 Å². The number of primary amides is 1. The number of hydrogen-bond acceptors (Lipinski definition) is 5. The molecule has 0 unspecified atom stereocenters. The Bertz CT molecular complexity index is 800. The van der Waals surface area contributed by atoms with E-state index in [0.29, 0.717) is 36.1 Å². The number of piperidine rings is 1. The van der Waals surface area contributed by atoms with Crippen LogP contribution in [0.25, 0.3) is 11.4 Å². The van der Waals surface area contributed by atoms with Crippen molar-refractivity contribution in [3.8, 4) is 11.4 Å². The first-order valence-electron chi connectivity index (χ1n) is 8.31. The molecular formula is C17H20ClN5O2S. The number of benzene rings is 1. The Labute approximate surface area is 160 Å². The molecular weight excluding hydrogens is 374 g/mol. The molecule has 1 saturated heterocycles. The highest BCUT2D eigenvalue weighted by Gasteiger charge is 2.26. The largest absolute Gasteiger partial charge is 0.369 e. The number of halogens is 1. The number of carbonyl (C=O) groups is 2. The van der Waals surface area contributed by atoms with Crippen LogP contribution in [0, 0.1) is 5.92 Å². The summed E-state index contributed by atoms with van der Waals surface area (Å²) in [5.41, 5.74) is 6.24. The summed E-state index contributed by atoms with van der Waals surface area (Å²) >= 11 is 7.27. The predicted molar refractivity (Wildman–Crippen MR) is 101 cm³/mol. The van der Waals surface area contributed by atoms with Crippen molar-refractivity contribution < 1.29 is 9.59 Å². The molecule has 1 aromatic carbocycles. The fourth-order valence-electron chi connectivity index (χ4n) is 2.92. The van der Waals surface area contributed by atoms with Crippen molar-refractivity contribution >= 4 is 35.2 Å². The lowest BCUT2D eigenvalue weighted by atomic mass is 9.96. The number of hydrogen-bond donors (Lipinski definition) is 1. The van der Waals surface area contributed by atoms with Gasteiger partial charge in [0.1, 0.15) is 0 Å². The summed E-state index contributed by atoms with van der Waals surface area (Å²) in [7, 11) is 1.87. The first kappa shape index (κ1) is 18.7. The van der Waals surface area contributed by atoms with Crippen LogP contribution in [-0.2, 0) is 16.6 Å². The lowest BCUT2D eigenvalue weighted by Gasteiger charge is -2.30. The van der Waals surface area contributed by atoms with Gasteiger partial charge < -0.3 is 15.2 Å². The third-order valence-electron chi connectivity index (χ3n) is 4.51. The topological polar surface area (TPSA) is 94.1 Å². The number of amides is 2. The smallest absolute Gasteiger partial charge is 0.233 e. The Morgan fingerprint density at radius 3 is 2.50 bits per heavy atom. The molecule has 2 aromatic rings. The summed E-state index contributed by atoms with van der Waals surface area (Å²) < 4.78 is 1.86. The maximum absolute atomic E-state index is 12.4. The van der Waals surface area contributed by atoms with Crippen LogP contribution in [0.5, 0.6) is 0 Å². The van der Waals surface area contributed by atoms with Crippen LogP contribution in [0.4, 0.5) is 0 Å². The van der Waals surface area contributed by atoms with Crippen molar-refractivity contribution in [2.45, 2.75) is 18.0 Å². The molecule has 138 valence electrons. The Hall–Kier alpha value is -2.06. The highest BCUT2D eigenvalue weighted by atomic mass is 35.5. The van der Waals surface area contributed by atoms with Gasteiger partial charge in [0, 0.05) is 36.6 Å². The van der Waals surface area contributed by atoms with Crippen molar-refractivity contribution in [2.24, 2.45) is 18.7 Å². The lowest BCUT2D eigenvalue weighted by Crippen LogP contribution is -2.42. The van der Waals surface area contributed by atoms with Gasteiger partial charge in [0.2, 0.25) is 11.8 Å². The Balaban J connectivity index is 1.58. The van der Waals surface area contributed by atoms with E-state index in [-0.39, 0.29) is 23.5 Å². The van der Waals surface area contributed by atoms with Gasteiger partial charge in [-0.2, -0.15) is 0 Å². The monoisotopic (exact) mass is 393 g/mol. The lowest BCUT2D eigenvalue weighted by molar-refractivity contribution is -0.132. The van der Waals surface area contributed by atoms with Crippen LogP contribution in [0.2, 0.25) is 5.02 Å². The minimum Gasteiger partial charge on any atom is -0.369 e. The molecule has 0 spiro atoms. The van der Waals surface area contributed by atoms with Crippen molar-refractivity contribution in [3.63, 3.8) is 0 Å². The van der Waals surface area contributed by atoms with E-state index < -0.39 is 0 Å². The first-order chi connectivity index (χ1) is 12.5. The summed E-state index contributed by atoms with van der Waals surface area (Å²) in [5, 5.41) is 9.73. The van der Waals surface area contributed by atoms with Crippen LogP contribution in [0.15, 0.2) is 29.4 Å². The number of likely N-dealkylation sites (tertiary alicyclic amines) is 1. The zero-order chi connectivity index (χ0) is 18.7. The Morgan fingerprint density at radius 1 is 1.23 bits per heavy atom. The molecule has 0 atom stereocenters. The summed E-state index contributed by atoms with van der Waals surface area (Å²) in [4.78, 5) is 25.4. The molecule has 2 amide bonds. The second-order valence-corrected chi connectivity index (χ2v) is 7.60. The average Bonchev–Trinajstić information content (AvgIpc) is 3.01. The molecule has 2 N–H and O–H groups in total. The van der Waals surface area contributed by atoms with Crippen LogP contribution in [0.1, 0.15) is 12.8 Å². The maximum Gasteiger partial charge on any atom is 0.233 e. The molecule has 0 saturated carbocycles. The standard InChI is InChI=1S/C17H20ClN5O2S/c1-22-16(12-2-4-13(18)5-3-12)20-21-17(22)26-10-14(24)23-8-6-11(7-9-23)15(19)25/h2-5,11H,6-10H2,1H3,(H2,19,25). The zero-order valence-corrected chi connectivity index (χ0v) is 16.0. The number of carbonyl (C=O) groups excluding carboxylic acids is 2. The molecule has 0 radical (unpaired) electrons. The van der Waals surface area contributed by atoms with Crippen LogP contribution in [0.3, 0.4) is 0 Å². The maximum atomic E-state index is 12.4. The highest BCUT2D eigenvalue weighted by molar-refractivity contribution is 7.99. The molecule has 1 aliphatic heterocycles. The van der Waals surface area contributed by atoms with E-state index in [9.17, 15) is 9.59 Å². The van der Waals surface area contributed by atoms with E-state index in [1.54, 1.807) is 17.0 Å². The van der Waals surface area contributed by atoms with Crippen LogP contribution < -0.4 is 5.73 Å². The normalized spacial score (nSPS) is 15.2. The molecule has 7 nitrogen and oxygen atoms in total. The van der Waals surface area contributed by atoms with Gasteiger partial charge >= 0.3 is 0 Å². The first-order valence-corrected chi connectivity index (χ1v) is 9.67. The van der Waals surface area contributed by atoms with Crippen molar-refractivity contribution in [1.82, 2.24) is 19.7 Å². The third kappa shape index (κ3) is 4.19. The molecule has 1 fully saturated rings. The highest BCUT2D eigenvalue weighted by Crippen LogP contribution is 2.25. The van der Waals surface area contributed by atoms with E-state index in [4.69, 9.17) is 17.3 Å². The number of rotatable bonds is 5. The van der Waals surface area contributed by atoms with Crippen molar-refractivity contribution in [2.75, 3.05) is 18.8 Å². The van der Waals surface area contributed by atoms with Gasteiger partial charge in [0.05, 0.1) is 5.75 Å². The van der Waals surface area contributed by atoms with Gasteiger partial charge in [-0.3, -0.25) is 9.59 Å².